The predicted octanol–water partition coefficient (Wildman–Crippen LogP) is 4.13. The zero-order valence-electron chi connectivity index (χ0n) is 17.4. The fraction of sp³-hybridized carbons (Fsp3) is 0.652. The van der Waals surface area contributed by atoms with E-state index in [1.807, 2.05) is 24.3 Å². The Balaban J connectivity index is 1.44. The Hall–Kier alpha value is -1.88. The van der Waals surface area contributed by atoms with Gasteiger partial charge in [-0.3, -0.25) is 9.59 Å². The first-order chi connectivity index (χ1) is 13.4. The first-order valence-electron chi connectivity index (χ1n) is 10.7. The van der Waals surface area contributed by atoms with Crippen LogP contribution >= 0.6 is 0 Å². The number of nitrogens with one attached hydrogen (secondary N) is 2. The maximum absolute atomic E-state index is 12.3. The van der Waals surface area contributed by atoms with E-state index in [1.165, 1.54) is 12.8 Å². The molecule has 5 nitrogen and oxygen atoms in total. The number of benzene rings is 1. The van der Waals surface area contributed by atoms with Crippen LogP contribution in [0, 0.1) is 23.7 Å². The summed E-state index contributed by atoms with van der Waals surface area (Å²) < 4.78 is 6.02. The number of carbonyl (C=O) groups excluding carboxylic acids is 2. The summed E-state index contributed by atoms with van der Waals surface area (Å²) in [7, 11) is 0. The third-order valence-corrected chi connectivity index (χ3v) is 6.02. The van der Waals surface area contributed by atoms with Crippen molar-refractivity contribution in [2.24, 2.45) is 23.7 Å². The molecule has 0 aliphatic heterocycles. The van der Waals surface area contributed by atoms with Crippen molar-refractivity contribution < 1.29 is 14.3 Å². The monoisotopic (exact) mass is 386 g/mol. The van der Waals surface area contributed by atoms with Gasteiger partial charge in [-0.05, 0) is 61.1 Å². The van der Waals surface area contributed by atoms with Gasteiger partial charge in [-0.2, -0.15) is 0 Å². The summed E-state index contributed by atoms with van der Waals surface area (Å²) >= 11 is 0. The van der Waals surface area contributed by atoms with Crippen molar-refractivity contribution in [1.29, 1.82) is 0 Å². The summed E-state index contributed by atoms with van der Waals surface area (Å²) in [5.74, 6) is 1.96. The highest BCUT2D eigenvalue weighted by Gasteiger charge is 2.32. The minimum atomic E-state index is -0.0897. The van der Waals surface area contributed by atoms with Crippen molar-refractivity contribution >= 4 is 17.5 Å². The molecule has 0 saturated heterocycles. The van der Waals surface area contributed by atoms with Crippen molar-refractivity contribution in [3.63, 3.8) is 0 Å². The summed E-state index contributed by atoms with van der Waals surface area (Å²) in [5, 5.41) is 5.88. The minimum Gasteiger partial charge on any atom is -0.368 e. The van der Waals surface area contributed by atoms with E-state index >= 15 is 0 Å². The Morgan fingerprint density at radius 2 is 1.96 bits per heavy atom. The summed E-state index contributed by atoms with van der Waals surface area (Å²) in [4.78, 5) is 24.2. The molecule has 154 valence electrons. The molecule has 0 bridgehead atoms. The van der Waals surface area contributed by atoms with E-state index in [0.717, 1.165) is 30.5 Å². The Bertz CT molecular complexity index is 684. The van der Waals surface area contributed by atoms with Gasteiger partial charge in [-0.25, -0.2) is 0 Å². The molecular weight excluding hydrogens is 352 g/mol. The maximum atomic E-state index is 12.3. The van der Waals surface area contributed by atoms with Crippen molar-refractivity contribution in [1.82, 2.24) is 5.32 Å². The van der Waals surface area contributed by atoms with Gasteiger partial charge < -0.3 is 15.4 Å². The van der Waals surface area contributed by atoms with Crippen LogP contribution in [0.5, 0.6) is 0 Å². The SMILES string of the molecule is CC(C)[C@H]1CC[C@@H](C)C[C@H]1OCC(=O)NCc1cccc(NC(=O)C2CC2)c1. The molecule has 2 aliphatic rings. The highest BCUT2D eigenvalue weighted by Crippen LogP contribution is 2.35. The van der Waals surface area contributed by atoms with Crippen LogP contribution in [0.1, 0.15) is 58.4 Å². The first-order valence-corrected chi connectivity index (χ1v) is 10.7. The third kappa shape index (κ3) is 6.06. The molecule has 0 spiro atoms. The van der Waals surface area contributed by atoms with Crippen molar-refractivity contribution in [3.05, 3.63) is 29.8 Å². The zero-order valence-corrected chi connectivity index (χ0v) is 17.4. The van der Waals surface area contributed by atoms with Crippen molar-refractivity contribution in [2.75, 3.05) is 11.9 Å². The Morgan fingerprint density at radius 1 is 1.18 bits per heavy atom. The number of hydrogen-bond acceptors (Lipinski definition) is 3. The quantitative estimate of drug-likeness (QED) is 0.706. The van der Waals surface area contributed by atoms with Crippen LogP contribution in [0.25, 0.3) is 0 Å². The lowest BCUT2D eigenvalue weighted by atomic mass is 9.75. The van der Waals surface area contributed by atoms with Crippen molar-refractivity contribution in [3.8, 4) is 0 Å². The minimum absolute atomic E-state index is 0.0897. The van der Waals surface area contributed by atoms with E-state index in [1.54, 1.807) is 0 Å². The molecule has 3 atom stereocenters. The van der Waals surface area contributed by atoms with Crippen LogP contribution < -0.4 is 10.6 Å². The molecule has 28 heavy (non-hydrogen) atoms. The third-order valence-electron chi connectivity index (χ3n) is 6.02. The number of carbonyl (C=O) groups is 2. The lowest BCUT2D eigenvalue weighted by Gasteiger charge is -2.37. The first kappa shape index (κ1) is 20.8. The second-order valence-electron chi connectivity index (χ2n) is 8.92. The molecule has 1 aromatic carbocycles. The molecule has 0 radical (unpaired) electrons. The van der Waals surface area contributed by atoms with E-state index in [9.17, 15) is 9.59 Å². The fourth-order valence-electron chi connectivity index (χ4n) is 4.09. The van der Waals surface area contributed by atoms with Gasteiger partial charge in [0.25, 0.3) is 0 Å². The Morgan fingerprint density at radius 3 is 2.68 bits per heavy atom. The highest BCUT2D eigenvalue weighted by atomic mass is 16.5. The van der Waals surface area contributed by atoms with Crippen LogP contribution in [-0.2, 0) is 20.9 Å². The average molecular weight is 387 g/mol. The van der Waals surface area contributed by atoms with Gasteiger partial charge in [0.2, 0.25) is 11.8 Å². The average Bonchev–Trinajstić information content (AvgIpc) is 3.50. The molecule has 0 heterocycles. The standard InChI is InChI=1S/C23H34N2O3/c1-15(2)20-10-7-16(3)11-21(20)28-14-22(26)24-13-17-5-4-6-19(12-17)25-23(27)18-8-9-18/h4-6,12,15-16,18,20-21H,7-11,13-14H2,1-3H3,(H,24,26)(H,25,27)/t16-,20-,21-/m1/s1. The summed E-state index contributed by atoms with van der Waals surface area (Å²) in [6.07, 6.45) is 5.62. The van der Waals surface area contributed by atoms with Crippen LogP contribution in [0.2, 0.25) is 0 Å². The van der Waals surface area contributed by atoms with Crippen LogP contribution in [0.15, 0.2) is 24.3 Å². The molecule has 2 aliphatic carbocycles. The van der Waals surface area contributed by atoms with E-state index < -0.39 is 0 Å². The van der Waals surface area contributed by atoms with Crippen LogP contribution in [-0.4, -0.2) is 24.5 Å². The molecule has 2 saturated carbocycles. The zero-order chi connectivity index (χ0) is 20.1. The highest BCUT2D eigenvalue weighted by molar-refractivity contribution is 5.94. The van der Waals surface area contributed by atoms with E-state index in [-0.39, 0.29) is 30.4 Å². The second-order valence-corrected chi connectivity index (χ2v) is 8.92. The molecule has 1 aromatic rings. The normalized spacial score (nSPS) is 24.8. The number of amides is 2. The summed E-state index contributed by atoms with van der Waals surface area (Å²) in [6.45, 7) is 7.29. The second kappa shape index (κ2) is 9.55. The van der Waals surface area contributed by atoms with Gasteiger partial charge in [-0.15, -0.1) is 0 Å². The smallest absolute Gasteiger partial charge is 0.246 e. The topological polar surface area (TPSA) is 67.4 Å². The maximum Gasteiger partial charge on any atom is 0.246 e. The molecule has 3 rings (SSSR count). The van der Waals surface area contributed by atoms with Gasteiger partial charge >= 0.3 is 0 Å². The lowest BCUT2D eigenvalue weighted by Crippen LogP contribution is -2.37. The Kier molecular flexibility index (Phi) is 7.11. The van der Waals surface area contributed by atoms with Gasteiger partial charge in [0, 0.05) is 18.2 Å². The van der Waals surface area contributed by atoms with E-state index in [2.05, 4.69) is 31.4 Å². The van der Waals surface area contributed by atoms with Crippen molar-refractivity contribution in [2.45, 2.75) is 65.5 Å². The van der Waals surface area contributed by atoms with Gasteiger partial charge in [0.15, 0.2) is 0 Å². The molecule has 2 N–H and O–H groups in total. The van der Waals surface area contributed by atoms with Gasteiger partial charge in [0.1, 0.15) is 6.61 Å². The molecule has 0 unspecified atom stereocenters. The number of rotatable bonds is 8. The molecule has 5 heteroatoms. The molecule has 2 amide bonds. The molecular formula is C23H34N2O3. The lowest BCUT2D eigenvalue weighted by molar-refractivity contribution is -0.131. The number of ether oxygens (including phenoxy) is 1. The van der Waals surface area contributed by atoms with Crippen LogP contribution in [0.3, 0.4) is 0 Å². The predicted molar refractivity (Wildman–Crippen MR) is 111 cm³/mol. The summed E-state index contributed by atoms with van der Waals surface area (Å²) in [6, 6.07) is 7.65. The number of anilines is 1. The molecule has 0 aromatic heterocycles. The number of hydrogen-bond donors (Lipinski definition) is 2. The van der Waals surface area contributed by atoms with E-state index in [0.29, 0.717) is 24.3 Å². The van der Waals surface area contributed by atoms with E-state index in [4.69, 9.17) is 4.74 Å². The summed E-state index contributed by atoms with van der Waals surface area (Å²) in [5.41, 5.74) is 1.75. The fourth-order valence-corrected chi connectivity index (χ4v) is 4.09. The van der Waals surface area contributed by atoms with Gasteiger partial charge in [-0.1, -0.05) is 39.3 Å². The molecule has 2 fully saturated rings. The van der Waals surface area contributed by atoms with Crippen LogP contribution in [0.4, 0.5) is 5.69 Å². The Labute approximate surface area is 168 Å². The largest absolute Gasteiger partial charge is 0.368 e. The van der Waals surface area contributed by atoms with Gasteiger partial charge in [0.05, 0.1) is 6.10 Å².